The molecule has 2 aromatic carbocycles. The average molecular weight is 293 g/mol. The number of rotatable bonds is 5. The van der Waals surface area contributed by atoms with Gasteiger partial charge < -0.3 is 4.42 Å². The van der Waals surface area contributed by atoms with Gasteiger partial charge in [-0.3, -0.25) is 4.90 Å². The highest BCUT2D eigenvalue weighted by Gasteiger charge is 2.19. The fourth-order valence-corrected chi connectivity index (χ4v) is 2.30. The Bertz CT molecular complexity index is 709. The molecular formula is C18H19N3O. The van der Waals surface area contributed by atoms with Crippen LogP contribution < -0.4 is 0 Å². The molecule has 0 fully saturated rings. The molecule has 22 heavy (non-hydrogen) atoms. The molecule has 0 aliphatic carbocycles. The van der Waals surface area contributed by atoms with Gasteiger partial charge in [-0.25, -0.2) is 0 Å². The molecule has 0 spiro atoms. The predicted molar refractivity (Wildman–Crippen MR) is 86.1 cm³/mol. The molecule has 1 atom stereocenters. The van der Waals surface area contributed by atoms with E-state index in [0.717, 1.165) is 12.1 Å². The second-order valence-corrected chi connectivity index (χ2v) is 5.39. The zero-order chi connectivity index (χ0) is 15.4. The zero-order valence-corrected chi connectivity index (χ0v) is 12.8. The van der Waals surface area contributed by atoms with E-state index < -0.39 is 0 Å². The third-order valence-corrected chi connectivity index (χ3v) is 3.75. The highest BCUT2D eigenvalue weighted by atomic mass is 16.4. The van der Waals surface area contributed by atoms with E-state index in [2.05, 4.69) is 41.2 Å². The second-order valence-electron chi connectivity index (χ2n) is 5.39. The standard InChI is InChI=1S/C18H19N3O/c1-14(21(2)13-15-9-5-3-6-10-15)17-19-20-18(22-17)16-11-7-4-8-12-16/h3-12,14H,13H2,1-2H3. The third-order valence-electron chi connectivity index (χ3n) is 3.75. The first-order valence-corrected chi connectivity index (χ1v) is 7.37. The van der Waals surface area contributed by atoms with Gasteiger partial charge in [-0.05, 0) is 31.7 Å². The minimum atomic E-state index is 0.0603. The van der Waals surface area contributed by atoms with E-state index in [1.54, 1.807) is 0 Å². The second kappa shape index (κ2) is 6.54. The van der Waals surface area contributed by atoms with Gasteiger partial charge in [-0.1, -0.05) is 48.5 Å². The molecule has 0 aliphatic heterocycles. The first-order chi connectivity index (χ1) is 10.7. The van der Waals surface area contributed by atoms with Gasteiger partial charge in [0.2, 0.25) is 11.8 Å². The topological polar surface area (TPSA) is 42.2 Å². The normalized spacial score (nSPS) is 12.5. The van der Waals surface area contributed by atoms with E-state index in [-0.39, 0.29) is 6.04 Å². The number of hydrogen-bond donors (Lipinski definition) is 0. The van der Waals surface area contributed by atoms with Crippen LogP contribution in [-0.2, 0) is 6.54 Å². The maximum absolute atomic E-state index is 5.83. The van der Waals surface area contributed by atoms with Crippen LogP contribution >= 0.6 is 0 Å². The number of nitrogens with zero attached hydrogens (tertiary/aromatic N) is 3. The molecule has 4 nitrogen and oxygen atoms in total. The molecule has 0 aliphatic rings. The molecular weight excluding hydrogens is 274 g/mol. The van der Waals surface area contributed by atoms with Gasteiger partial charge >= 0.3 is 0 Å². The molecule has 0 saturated heterocycles. The van der Waals surface area contributed by atoms with E-state index in [4.69, 9.17) is 4.42 Å². The van der Waals surface area contributed by atoms with Crippen LogP contribution in [0.4, 0.5) is 0 Å². The van der Waals surface area contributed by atoms with Crippen molar-refractivity contribution >= 4 is 0 Å². The van der Waals surface area contributed by atoms with E-state index >= 15 is 0 Å². The maximum Gasteiger partial charge on any atom is 0.247 e. The van der Waals surface area contributed by atoms with Crippen molar-refractivity contribution in [2.45, 2.75) is 19.5 Å². The lowest BCUT2D eigenvalue weighted by Crippen LogP contribution is -2.22. The maximum atomic E-state index is 5.83. The molecule has 0 bridgehead atoms. The molecule has 1 heterocycles. The van der Waals surface area contributed by atoms with Crippen LogP contribution in [0.25, 0.3) is 11.5 Å². The van der Waals surface area contributed by atoms with Crippen molar-refractivity contribution < 1.29 is 4.42 Å². The van der Waals surface area contributed by atoms with Crippen LogP contribution in [0.2, 0.25) is 0 Å². The highest BCUT2D eigenvalue weighted by molar-refractivity contribution is 5.51. The molecule has 112 valence electrons. The van der Waals surface area contributed by atoms with Crippen LogP contribution in [0, 0.1) is 0 Å². The van der Waals surface area contributed by atoms with Crippen LogP contribution in [0.1, 0.15) is 24.4 Å². The Morgan fingerprint density at radius 1 is 0.955 bits per heavy atom. The summed E-state index contributed by atoms with van der Waals surface area (Å²) >= 11 is 0. The largest absolute Gasteiger partial charge is 0.419 e. The van der Waals surface area contributed by atoms with E-state index in [1.165, 1.54) is 5.56 Å². The summed E-state index contributed by atoms with van der Waals surface area (Å²) in [4.78, 5) is 2.19. The fraction of sp³-hybridized carbons (Fsp3) is 0.222. The van der Waals surface area contributed by atoms with Gasteiger partial charge in [-0.15, -0.1) is 10.2 Å². The van der Waals surface area contributed by atoms with Gasteiger partial charge in [-0.2, -0.15) is 0 Å². The molecule has 1 unspecified atom stereocenters. The van der Waals surface area contributed by atoms with E-state index in [9.17, 15) is 0 Å². The quantitative estimate of drug-likeness (QED) is 0.715. The highest BCUT2D eigenvalue weighted by Crippen LogP contribution is 2.23. The first kappa shape index (κ1) is 14.5. The van der Waals surface area contributed by atoms with Crippen LogP contribution in [0.5, 0.6) is 0 Å². The Kier molecular flexibility index (Phi) is 4.30. The summed E-state index contributed by atoms with van der Waals surface area (Å²) in [6.45, 7) is 2.91. The van der Waals surface area contributed by atoms with Crippen molar-refractivity contribution in [3.8, 4) is 11.5 Å². The lowest BCUT2D eigenvalue weighted by molar-refractivity contribution is 0.218. The van der Waals surface area contributed by atoms with Crippen molar-refractivity contribution in [1.82, 2.24) is 15.1 Å². The van der Waals surface area contributed by atoms with Gasteiger partial charge in [0, 0.05) is 12.1 Å². The van der Waals surface area contributed by atoms with E-state index in [0.29, 0.717) is 11.8 Å². The van der Waals surface area contributed by atoms with Crippen molar-refractivity contribution in [3.05, 3.63) is 72.1 Å². The molecule has 3 rings (SSSR count). The smallest absolute Gasteiger partial charge is 0.247 e. The Labute approximate surface area is 130 Å². The summed E-state index contributed by atoms with van der Waals surface area (Å²) in [7, 11) is 2.06. The molecule has 0 N–H and O–H groups in total. The molecule has 3 aromatic rings. The number of aromatic nitrogens is 2. The summed E-state index contributed by atoms with van der Waals surface area (Å²) in [5, 5.41) is 8.35. The molecule has 1 aromatic heterocycles. The molecule has 4 heteroatoms. The Morgan fingerprint density at radius 3 is 2.27 bits per heavy atom. The van der Waals surface area contributed by atoms with Crippen molar-refractivity contribution in [3.63, 3.8) is 0 Å². The molecule has 0 amide bonds. The van der Waals surface area contributed by atoms with Crippen LogP contribution in [0.15, 0.2) is 65.1 Å². The summed E-state index contributed by atoms with van der Waals surface area (Å²) < 4.78 is 5.83. The van der Waals surface area contributed by atoms with Gasteiger partial charge in [0.25, 0.3) is 0 Å². The van der Waals surface area contributed by atoms with Crippen LogP contribution in [0.3, 0.4) is 0 Å². The van der Waals surface area contributed by atoms with Gasteiger partial charge in [0.05, 0.1) is 6.04 Å². The molecule has 0 radical (unpaired) electrons. The minimum Gasteiger partial charge on any atom is -0.419 e. The van der Waals surface area contributed by atoms with Crippen molar-refractivity contribution in [2.24, 2.45) is 0 Å². The number of benzene rings is 2. The summed E-state index contributed by atoms with van der Waals surface area (Å²) in [6, 6.07) is 20.2. The summed E-state index contributed by atoms with van der Waals surface area (Å²) in [5.74, 6) is 1.20. The Balaban J connectivity index is 1.72. The number of hydrogen-bond acceptors (Lipinski definition) is 4. The lowest BCUT2D eigenvalue weighted by atomic mass is 10.2. The summed E-state index contributed by atoms with van der Waals surface area (Å²) in [5.41, 5.74) is 2.21. The molecule has 0 saturated carbocycles. The SMILES string of the molecule is CC(c1nnc(-c2ccccc2)o1)N(C)Cc1ccccc1. The average Bonchev–Trinajstić information content (AvgIpc) is 3.06. The third kappa shape index (κ3) is 3.23. The van der Waals surface area contributed by atoms with Gasteiger partial charge in [0.1, 0.15) is 0 Å². The Morgan fingerprint density at radius 2 is 1.59 bits per heavy atom. The lowest BCUT2D eigenvalue weighted by Gasteiger charge is -2.21. The van der Waals surface area contributed by atoms with E-state index in [1.807, 2.05) is 48.5 Å². The van der Waals surface area contributed by atoms with Crippen LogP contribution in [-0.4, -0.2) is 22.1 Å². The van der Waals surface area contributed by atoms with Gasteiger partial charge in [0.15, 0.2) is 0 Å². The predicted octanol–water partition coefficient (Wildman–Crippen LogP) is 3.93. The minimum absolute atomic E-state index is 0.0603. The monoisotopic (exact) mass is 293 g/mol. The zero-order valence-electron chi connectivity index (χ0n) is 12.8. The summed E-state index contributed by atoms with van der Waals surface area (Å²) in [6.07, 6.45) is 0. The first-order valence-electron chi connectivity index (χ1n) is 7.37. The van der Waals surface area contributed by atoms with Crippen molar-refractivity contribution in [1.29, 1.82) is 0 Å². The fourth-order valence-electron chi connectivity index (χ4n) is 2.30. The van der Waals surface area contributed by atoms with Crippen molar-refractivity contribution in [2.75, 3.05) is 7.05 Å². The Hall–Kier alpha value is -2.46.